The van der Waals surface area contributed by atoms with E-state index in [4.69, 9.17) is 22.2 Å². The molecule has 0 fully saturated rings. The summed E-state index contributed by atoms with van der Waals surface area (Å²) in [5, 5.41) is 1.06. The van der Waals surface area contributed by atoms with Gasteiger partial charge < -0.3 is 4.90 Å². The first-order chi connectivity index (χ1) is 15.6. The Morgan fingerprint density at radius 1 is 0.594 bits per heavy atom. The number of benzene rings is 4. The first-order valence-corrected chi connectivity index (χ1v) is 15.0. The summed E-state index contributed by atoms with van der Waals surface area (Å²) in [4.78, 5) is 2.26. The van der Waals surface area contributed by atoms with Gasteiger partial charge in [-0.2, -0.15) is 0 Å². The zero-order valence-electron chi connectivity index (χ0n) is 18.0. The average Bonchev–Trinajstić information content (AvgIpc) is 2.85. The minimum atomic E-state index is -2.32. The van der Waals surface area contributed by atoms with E-state index in [2.05, 4.69) is 114 Å². The second-order valence-electron chi connectivity index (χ2n) is 7.61. The standard InChI is InChI=1S/C28H25Cl2NSi/c1-2-32(29,30)28-21-17-24(18-22-28)14-13-23-15-19-27(20-16-23)31(25-9-5-3-6-10-25)26-11-7-4-8-12-26/h3-22H,2H2,1H3. The zero-order valence-corrected chi connectivity index (χ0v) is 20.5. The Morgan fingerprint density at radius 3 is 1.44 bits per heavy atom. The van der Waals surface area contributed by atoms with Crippen molar-refractivity contribution in [1.29, 1.82) is 0 Å². The molecule has 0 atom stereocenters. The minimum absolute atomic E-state index is 0.806. The molecule has 1 nitrogen and oxygen atoms in total. The Bertz CT molecular complexity index is 1120. The fraction of sp³-hybridized carbons (Fsp3) is 0.0714. The molecule has 0 saturated heterocycles. The summed E-state index contributed by atoms with van der Waals surface area (Å²) in [6, 6.07) is 38.5. The Labute approximate surface area is 201 Å². The van der Waals surface area contributed by atoms with Gasteiger partial charge in [-0.3, -0.25) is 0 Å². The molecular formula is C28H25Cl2NSi. The van der Waals surface area contributed by atoms with Gasteiger partial charge in [-0.1, -0.05) is 91.9 Å². The molecule has 0 bridgehead atoms. The van der Waals surface area contributed by atoms with E-state index in [9.17, 15) is 0 Å². The number of hydrogen-bond donors (Lipinski definition) is 0. The number of halogens is 2. The van der Waals surface area contributed by atoms with Crippen LogP contribution in [0, 0.1) is 0 Å². The summed E-state index contributed by atoms with van der Waals surface area (Å²) >= 11 is 13.0. The third-order valence-electron chi connectivity index (χ3n) is 5.43. The summed E-state index contributed by atoms with van der Waals surface area (Å²) in [6.07, 6.45) is 4.24. The lowest BCUT2D eigenvalue weighted by molar-refractivity contribution is 1.28. The summed E-state index contributed by atoms with van der Waals surface area (Å²) in [5.41, 5.74) is 5.65. The van der Waals surface area contributed by atoms with Crippen molar-refractivity contribution >= 4 is 63.3 Å². The van der Waals surface area contributed by atoms with Crippen LogP contribution >= 0.6 is 22.2 Å². The van der Waals surface area contributed by atoms with Crippen LogP contribution in [0.15, 0.2) is 109 Å². The summed E-state index contributed by atoms with van der Waals surface area (Å²) in [6.45, 7) is -0.279. The number of hydrogen-bond acceptors (Lipinski definition) is 1. The van der Waals surface area contributed by atoms with Crippen molar-refractivity contribution in [3.8, 4) is 0 Å². The maximum absolute atomic E-state index is 6.48. The fourth-order valence-electron chi connectivity index (χ4n) is 3.57. The Hall–Kier alpha value is -2.78. The zero-order chi connectivity index (χ0) is 22.4. The highest BCUT2D eigenvalue weighted by molar-refractivity contribution is 7.50. The van der Waals surface area contributed by atoms with Crippen LogP contribution in [0.3, 0.4) is 0 Å². The van der Waals surface area contributed by atoms with Gasteiger partial charge in [0, 0.05) is 17.1 Å². The third kappa shape index (κ3) is 5.33. The molecular weight excluding hydrogens is 449 g/mol. The molecule has 0 aliphatic heterocycles. The maximum atomic E-state index is 6.48. The molecule has 32 heavy (non-hydrogen) atoms. The lowest BCUT2D eigenvalue weighted by Gasteiger charge is -2.25. The lowest BCUT2D eigenvalue weighted by atomic mass is 10.1. The largest absolute Gasteiger partial charge is 0.311 e. The highest BCUT2D eigenvalue weighted by Gasteiger charge is 2.28. The van der Waals surface area contributed by atoms with Gasteiger partial charge in [0.05, 0.1) is 0 Å². The molecule has 0 aliphatic rings. The molecule has 4 heteroatoms. The molecule has 0 N–H and O–H groups in total. The molecule has 0 aliphatic carbocycles. The van der Waals surface area contributed by atoms with Crippen LogP contribution in [-0.4, -0.2) is 6.69 Å². The van der Waals surface area contributed by atoms with Crippen molar-refractivity contribution in [2.75, 3.05) is 4.90 Å². The topological polar surface area (TPSA) is 3.24 Å². The van der Waals surface area contributed by atoms with E-state index in [-0.39, 0.29) is 0 Å². The van der Waals surface area contributed by atoms with Crippen LogP contribution < -0.4 is 10.1 Å². The molecule has 0 aromatic heterocycles. The van der Waals surface area contributed by atoms with Gasteiger partial charge in [-0.15, -0.1) is 22.2 Å². The Balaban J connectivity index is 1.55. The van der Waals surface area contributed by atoms with Crippen molar-refractivity contribution < 1.29 is 0 Å². The number of rotatable bonds is 7. The van der Waals surface area contributed by atoms with Gasteiger partial charge in [0.15, 0.2) is 0 Å². The Morgan fingerprint density at radius 2 is 1.00 bits per heavy atom. The molecule has 160 valence electrons. The molecule has 0 unspecified atom stereocenters. The predicted molar refractivity (Wildman–Crippen MR) is 144 cm³/mol. The number of para-hydroxylation sites is 2. The van der Waals surface area contributed by atoms with Crippen LogP contribution in [0.5, 0.6) is 0 Å². The highest BCUT2D eigenvalue weighted by Crippen LogP contribution is 2.34. The van der Waals surface area contributed by atoms with E-state index in [1.807, 2.05) is 19.1 Å². The van der Waals surface area contributed by atoms with Gasteiger partial charge in [-0.05, 0) is 58.8 Å². The smallest absolute Gasteiger partial charge is 0.280 e. The van der Waals surface area contributed by atoms with Crippen molar-refractivity contribution in [3.05, 3.63) is 120 Å². The van der Waals surface area contributed by atoms with E-state index < -0.39 is 6.69 Å². The van der Waals surface area contributed by atoms with E-state index in [0.717, 1.165) is 39.4 Å². The Kier molecular flexibility index (Phi) is 7.16. The summed E-state index contributed by atoms with van der Waals surface area (Å²) < 4.78 is 0. The minimum Gasteiger partial charge on any atom is -0.311 e. The van der Waals surface area contributed by atoms with Gasteiger partial charge in [0.1, 0.15) is 0 Å². The van der Waals surface area contributed by atoms with Crippen LogP contribution in [0.25, 0.3) is 12.2 Å². The third-order valence-corrected chi connectivity index (χ3v) is 10.4. The van der Waals surface area contributed by atoms with Crippen molar-refractivity contribution in [2.45, 2.75) is 13.0 Å². The summed E-state index contributed by atoms with van der Waals surface area (Å²) in [7, 11) is 0. The first-order valence-electron chi connectivity index (χ1n) is 10.7. The van der Waals surface area contributed by atoms with Crippen molar-refractivity contribution in [2.24, 2.45) is 0 Å². The van der Waals surface area contributed by atoms with Crippen LogP contribution in [0.2, 0.25) is 6.04 Å². The maximum Gasteiger partial charge on any atom is 0.280 e. The molecule has 0 radical (unpaired) electrons. The van der Waals surface area contributed by atoms with Crippen LogP contribution in [0.1, 0.15) is 18.1 Å². The normalized spacial score (nSPS) is 11.6. The SMILES string of the molecule is CC[Si](Cl)(Cl)c1ccc(C=Cc2ccc(N(c3ccccc3)c3ccccc3)cc2)cc1. The quantitative estimate of drug-likeness (QED) is 0.147. The van der Waals surface area contributed by atoms with Crippen molar-refractivity contribution in [1.82, 2.24) is 0 Å². The summed E-state index contributed by atoms with van der Waals surface area (Å²) in [5.74, 6) is 0. The second kappa shape index (κ2) is 10.2. The molecule has 0 spiro atoms. The monoisotopic (exact) mass is 473 g/mol. The predicted octanol–water partition coefficient (Wildman–Crippen LogP) is 8.47. The van der Waals surface area contributed by atoms with Crippen LogP contribution in [0.4, 0.5) is 17.1 Å². The fourth-order valence-corrected chi connectivity index (χ4v) is 5.39. The van der Waals surface area contributed by atoms with E-state index in [1.165, 1.54) is 0 Å². The lowest BCUT2D eigenvalue weighted by Crippen LogP contribution is -2.35. The molecule has 4 aromatic carbocycles. The molecule has 4 aromatic rings. The molecule has 0 amide bonds. The average molecular weight is 475 g/mol. The van der Waals surface area contributed by atoms with E-state index >= 15 is 0 Å². The molecule has 0 saturated carbocycles. The second-order valence-corrected chi connectivity index (χ2v) is 14.8. The van der Waals surface area contributed by atoms with Gasteiger partial charge in [0.25, 0.3) is 6.69 Å². The highest BCUT2D eigenvalue weighted by atomic mass is 35.7. The van der Waals surface area contributed by atoms with E-state index in [1.54, 1.807) is 0 Å². The van der Waals surface area contributed by atoms with Gasteiger partial charge in [0.2, 0.25) is 0 Å². The van der Waals surface area contributed by atoms with Gasteiger partial charge in [-0.25, -0.2) is 0 Å². The van der Waals surface area contributed by atoms with Crippen molar-refractivity contribution in [3.63, 3.8) is 0 Å². The molecule has 0 heterocycles. The van der Waals surface area contributed by atoms with Crippen LogP contribution in [-0.2, 0) is 0 Å². The van der Waals surface area contributed by atoms with Gasteiger partial charge >= 0.3 is 0 Å². The van der Waals surface area contributed by atoms with E-state index in [0.29, 0.717) is 0 Å². The molecule has 4 rings (SSSR count). The number of anilines is 3. The number of nitrogens with zero attached hydrogens (tertiary/aromatic N) is 1. The first kappa shape index (κ1) is 22.4.